The Morgan fingerprint density at radius 1 is 1.13 bits per heavy atom. The van der Waals surface area contributed by atoms with Crippen molar-refractivity contribution in [1.82, 2.24) is 24.6 Å². The summed E-state index contributed by atoms with van der Waals surface area (Å²) in [5.74, 6) is 0.107. The number of aryl methyl sites for hydroxylation is 1. The fourth-order valence-electron chi connectivity index (χ4n) is 3.77. The van der Waals surface area contributed by atoms with E-state index in [0.717, 1.165) is 16.7 Å². The first-order valence-corrected chi connectivity index (χ1v) is 11.1. The van der Waals surface area contributed by atoms with E-state index in [2.05, 4.69) is 16.1 Å². The maximum absolute atomic E-state index is 13.3. The van der Waals surface area contributed by atoms with E-state index in [4.69, 9.17) is 0 Å². The summed E-state index contributed by atoms with van der Waals surface area (Å²) in [4.78, 5) is 35.4. The number of nitrogens with zero attached hydrogens (tertiary/aromatic N) is 5. The average Bonchev–Trinajstić information content (AvgIpc) is 3.36. The van der Waals surface area contributed by atoms with E-state index in [9.17, 15) is 9.59 Å². The predicted octanol–water partition coefficient (Wildman–Crippen LogP) is 3.18. The third-order valence-corrected chi connectivity index (χ3v) is 6.21. The minimum Gasteiger partial charge on any atom is -0.339 e. The number of fused-ring (bicyclic) bond motifs is 1. The van der Waals surface area contributed by atoms with Crippen molar-refractivity contribution in [3.05, 3.63) is 45.9 Å². The first-order valence-electron chi connectivity index (χ1n) is 10.2. The highest BCUT2D eigenvalue weighted by Crippen LogP contribution is 2.23. The van der Waals surface area contributed by atoms with Crippen molar-refractivity contribution in [2.75, 3.05) is 26.2 Å². The summed E-state index contributed by atoms with van der Waals surface area (Å²) in [5, 5.41) is 7.31. The highest BCUT2D eigenvalue weighted by Gasteiger charge is 2.31. The average molecular weight is 426 g/mol. The van der Waals surface area contributed by atoms with Gasteiger partial charge in [0.25, 0.3) is 5.91 Å². The zero-order valence-corrected chi connectivity index (χ0v) is 18.7. The molecule has 0 bridgehead atoms. The summed E-state index contributed by atoms with van der Waals surface area (Å²) in [7, 11) is 0. The van der Waals surface area contributed by atoms with Crippen LogP contribution < -0.4 is 0 Å². The van der Waals surface area contributed by atoms with Gasteiger partial charge in [-0.25, -0.2) is 9.67 Å². The van der Waals surface area contributed by atoms with Crippen molar-refractivity contribution in [3.63, 3.8) is 0 Å². The van der Waals surface area contributed by atoms with Gasteiger partial charge < -0.3 is 9.80 Å². The van der Waals surface area contributed by atoms with Gasteiger partial charge in [-0.3, -0.25) is 9.59 Å². The van der Waals surface area contributed by atoms with Crippen LogP contribution in [0.4, 0.5) is 0 Å². The van der Waals surface area contributed by atoms with Crippen LogP contribution in [0.5, 0.6) is 0 Å². The zero-order valence-electron chi connectivity index (χ0n) is 17.9. The SMILES string of the molecule is Cc1cc(C(=O)N2CCN(C(=O)C(C)(C)C)CC2)c2cnn(Cc3cccs3)c2n1. The number of hydrogen-bond donors (Lipinski definition) is 0. The maximum Gasteiger partial charge on any atom is 0.254 e. The summed E-state index contributed by atoms with van der Waals surface area (Å²) >= 11 is 1.68. The number of thiophene rings is 1. The molecule has 158 valence electrons. The Labute approximate surface area is 180 Å². The number of pyridine rings is 1. The molecular formula is C22H27N5O2S. The Morgan fingerprint density at radius 3 is 2.47 bits per heavy atom. The summed E-state index contributed by atoms with van der Waals surface area (Å²) in [5.41, 5.74) is 1.75. The number of carbonyl (C=O) groups is 2. The van der Waals surface area contributed by atoms with E-state index in [-0.39, 0.29) is 11.8 Å². The first-order chi connectivity index (χ1) is 14.2. The second kappa shape index (κ2) is 7.83. The van der Waals surface area contributed by atoms with Gasteiger partial charge >= 0.3 is 0 Å². The molecule has 0 saturated carbocycles. The molecule has 2 amide bonds. The molecule has 1 aliphatic rings. The van der Waals surface area contributed by atoms with Gasteiger partial charge in [0.1, 0.15) is 0 Å². The minimum atomic E-state index is -0.405. The van der Waals surface area contributed by atoms with Crippen molar-refractivity contribution < 1.29 is 9.59 Å². The molecule has 0 radical (unpaired) electrons. The number of aromatic nitrogens is 3. The molecule has 3 aromatic heterocycles. The molecule has 0 aromatic carbocycles. The van der Waals surface area contributed by atoms with Crippen LogP contribution in [0.2, 0.25) is 0 Å². The summed E-state index contributed by atoms with van der Waals surface area (Å²) < 4.78 is 1.85. The first kappa shape index (κ1) is 20.5. The van der Waals surface area contributed by atoms with Crippen LogP contribution in [0, 0.1) is 12.3 Å². The largest absolute Gasteiger partial charge is 0.339 e. The molecule has 1 saturated heterocycles. The van der Waals surface area contributed by atoms with Crippen LogP contribution in [0.1, 0.15) is 41.7 Å². The molecule has 0 N–H and O–H groups in total. The van der Waals surface area contributed by atoms with Crippen molar-refractivity contribution in [1.29, 1.82) is 0 Å². The minimum absolute atomic E-state index is 0.0240. The maximum atomic E-state index is 13.3. The monoisotopic (exact) mass is 425 g/mol. The normalized spacial score (nSPS) is 15.1. The molecule has 0 atom stereocenters. The van der Waals surface area contributed by atoms with Crippen LogP contribution in [0.3, 0.4) is 0 Å². The Kier molecular flexibility index (Phi) is 5.36. The van der Waals surface area contributed by atoms with Crippen molar-refractivity contribution >= 4 is 34.2 Å². The summed E-state index contributed by atoms with van der Waals surface area (Å²) in [6, 6.07) is 5.93. The molecule has 3 aromatic rings. The third-order valence-electron chi connectivity index (χ3n) is 5.35. The molecule has 1 aliphatic heterocycles. The van der Waals surface area contributed by atoms with Crippen molar-refractivity contribution in [2.24, 2.45) is 5.41 Å². The van der Waals surface area contributed by atoms with Gasteiger partial charge in [0.05, 0.1) is 23.7 Å². The lowest BCUT2D eigenvalue weighted by molar-refractivity contribution is -0.140. The van der Waals surface area contributed by atoms with Crippen molar-refractivity contribution in [3.8, 4) is 0 Å². The molecule has 0 spiro atoms. The molecule has 8 heteroatoms. The molecule has 4 rings (SSSR count). The van der Waals surface area contributed by atoms with E-state index in [0.29, 0.717) is 38.3 Å². The highest BCUT2D eigenvalue weighted by molar-refractivity contribution is 7.09. The van der Waals surface area contributed by atoms with E-state index in [1.54, 1.807) is 17.5 Å². The van der Waals surface area contributed by atoms with Gasteiger partial charge in [-0.2, -0.15) is 5.10 Å². The zero-order chi connectivity index (χ0) is 21.5. The molecular weight excluding hydrogens is 398 g/mol. The molecule has 0 unspecified atom stereocenters. The quantitative estimate of drug-likeness (QED) is 0.646. The fraction of sp³-hybridized carbons (Fsp3) is 0.455. The van der Waals surface area contributed by atoms with Crippen LogP contribution >= 0.6 is 11.3 Å². The number of hydrogen-bond acceptors (Lipinski definition) is 5. The lowest BCUT2D eigenvalue weighted by atomic mass is 9.94. The number of piperazine rings is 1. The lowest BCUT2D eigenvalue weighted by Crippen LogP contribution is -2.53. The van der Waals surface area contributed by atoms with Crippen LogP contribution in [-0.2, 0) is 11.3 Å². The third kappa shape index (κ3) is 3.96. The smallest absolute Gasteiger partial charge is 0.254 e. The number of rotatable bonds is 3. The molecule has 30 heavy (non-hydrogen) atoms. The standard InChI is InChI=1S/C22H27N5O2S/c1-15-12-17(18-13-23-27(19(18)24-15)14-16-6-5-11-30-16)20(28)25-7-9-26(10-8-25)21(29)22(2,3)4/h5-6,11-13H,7-10,14H2,1-4H3. The molecule has 7 nitrogen and oxygen atoms in total. The Hall–Kier alpha value is -2.74. The fourth-order valence-corrected chi connectivity index (χ4v) is 4.46. The molecule has 0 aliphatic carbocycles. The van der Waals surface area contributed by atoms with Gasteiger partial charge in [0.15, 0.2) is 5.65 Å². The second-order valence-electron chi connectivity index (χ2n) is 8.76. The van der Waals surface area contributed by atoms with Gasteiger partial charge in [-0.15, -0.1) is 11.3 Å². The predicted molar refractivity (Wildman–Crippen MR) is 118 cm³/mol. The number of carbonyl (C=O) groups excluding carboxylic acids is 2. The summed E-state index contributed by atoms with van der Waals surface area (Å²) in [6.07, 6.45) is 1.74. The van der Waals surface area contributed by atoms with E-state index in [1.165, 1.54) is 4.88 Å². The summed E-state index contributed by atoms with van der Waals surface area (Å²) in [6.45, 7) is 10.5. The van der Waals surface area contributed by atoms with Gasteiger partial charge in [0.2, 0.25) is 5.91 Å². The van der Waals surface area contributed by atoms with E-state index < -0.39 is 5.41 Å². The van der Waals surface area contributed by atoms with Gasteiger partial charge in [0, 0.05) is 42.2 Å². The van der Waals surface area contributed by atoms with Gasteiger partial charge in [-0.05, 0) is 24.4 Å². The Bertz CT molecular complexity index is 1070. The second-order valence-corrected chi connectivity index (χ2v) is 9.80. The van der Waals surface area contributed by atoms with E-state index >= 15 is 0 Å². The van der Waals surface area contributed by atoms with E-state index in [1.807, 2.05) is 59.7 Å². The Balaban J connectivity index is 1.55. The lowest BCUT2D eigenvalue weighted by Gasteiger charge is -2.37. The highest BCUT2D eigenvalue weighted by atomic mass is 32.1. The number of amides is 2. The Morgan fingerprint density at radius 2 is 1.83 bits per heavy atom. The van der Waals surface area contributed by atoms with Crippen LogP contribution in [0.15, 0.2) is 29.8 Å². The molecule has 4 heterocycles. The topological polar surface area (TPSA) is 71.3 Å². The van der Waals surface area contributed by atoms with Crippen LogP contribution in [-0.4, -0.2) is 62.6 Å². The van der Waals surface area contributed by atoms with Crippen LogP contribution in [0.25, 0.3) is 11.0 Å². The van der Waals surface area contributed by atoms with Gasteiger partial charge in [-0.1, -0.05) is 26.8 Å². The molecule has 1 fully saturated rings. The van der Waals surface area contributed by atoms with Crippen molar-refractivity contribution in [2.45, 2.75) is 34.2 Å².